The molecule has 0 aromatic carbocycles. The van der Waals surface area contributed by atoms with Crippen LogP contribution in [0.2, 0.25) is 0 Å². The van der Waals surface area contributed by atoms with E-state index in [0.717, 1.165) is 31.0 Å². The highest BCUT2D eigenvalue weighted by Crippen LogP contribution is 2.08. The number of nitrogens with one attached hydrogen (secondary N) is 1. The minimum absolute atomic E-state index is 0.511. The molecule has 1 aromatic heterocycles. The van der Waals surface area contributed by atoms with Crippen LogP contribution in [-0.2, 0) is 22.6 Å². The van der Waals surface area contributed by atoms with Gasteiger partial charge in [-0.05, 0) is 18.5 Å². The van der Waals surface area contributed by atoms with Gasteiger partial charge in [0, 0.05) is 18.7 Å². The maximum absolute atomic E-state index is 5.48. The smallest absolute Gasteiger partial charge is 0.129 e. The molecule has 0 saturated heterocycles. The number of furan rings is 1. The van der Waals surface area contributed by atoms with Gasteiger partial charge in [-0.2, -0.15) is 0 Å². The molecule has 4 heteroatoms. The number of hydrogen-bond donors (Lipinski definition) is 1. The van der Waals surface area contributed by atoms with Crippen molar-refractivity contribution in [1.29, 1.82) is 0 Å². The monoisotopic (exact) mass is 255 g/mol. The average Bonchev–Trinajstić information content (AvgIpc) is 2.78. The minimum Gasteiger partial charge on any atom is -0.467 e. The molecule has 0 fully saturated rings. The van der Waals surface area contributed by atoms with Crippen molar-refractivity contribution in [3.8, 4) is 0 Å². The first-order valence-electron chi connectivity index (χ1n) is 6.64. The fourth-order valence-corrected chi connectivity index (χ4v) is 1.47. The van der Waals surface area contributed by atoms with Gasteiger partial charge in [0.25, 0.3) is 0 Å². The van der Waals surface area contributed by atoms with Gasteiger partial charge in [-0.25, -0.2) is 0 Å². The third-order valence-electron chi connectivity index (χ3n) is 2.35. The Labute approximate surface area is 110 Å². The number of rotatable bonds is 10. The van der Waals surface area contributed by atoms with Crippen molar-refractivity contribution in [2.45, 2.75) is 33.9 Å². The Morgan fingerprint density at radius 3 is 2.78 bits per heavy atom. The fraction of sp³-hybridized carbons (Fsp3) is 0.714. The molecule has 0 bridgehead atoms. The SMILES string of the molecule is CCNCc1coc(COCCOCC(C)C)c1. The highest BCUT2D eigenvalue weighted by Gasteiger charge is 2.01. The molecule has 0 aliphatic rings. The standard InChI is InChI=1S/C14H25NO3/c1-4-15-8-13-7-14(18-10-13)11-17-6-5-16-9-12(2)3/h7,10,12,15H,4-6,8-9,11H2,1-3H3. The molecule has 1 heterocycles. The Bertz CT molecular complexity index is 310. The molecule has 4 nitrogen and oxygen atoms in total. The highest BCUT2D eigenvalue weighted by molar-refractivity contribution is 5.11. The van der Waals surface area contributed by atoms with Crippen LogP contribution < -0.4 is 5.32 Å². The molecule has 0 unspecified atom stereocenters. The summed E-state index contributed by atoms with van der Waals surface area (Å²) in [5, 5.41) is 3.25. The van der Waals surface area contributed by atoms with Gasteiger partial charge >= 0.3 is 0 Å². The summed E-state index contributed by atoms with van der Waals surface area (Å²) in [6.07, 6.45) is 1.77. The van der Waals surface area contributed by atoms with Crippen molar-refractivity contribution in [2.75, 3.05) is 26.4 Å². The lowest BCUT2D eigenvalue weighted by Crippen LogP contribution is -2.10. The minimum atomic E-state index is 0.511. The Morgan fingerprint density at radius 2 is 2.06 bits per heavy atom. The Balaban J connectivity index is 2.06. The zero-order valence-corrected chi connectivity index (χ0v) is 11.7. The second-order valence-corrected chi connectivity index (χ2v) is 4.72. The largest absolute Gasteiger partial charge is 0.467 e. The number of hydrogen-bond acceptors (Lipinski definition) is 4. The summed E-state index contributed by atoms with van der Waals surface area (Å²) < 4.78 is 16.3. The van der Waals surface area contributed by atoms with E-state index >= 15 is 0 Å². The van der Waals surface area contributed by atoms with Crippen LogP contribution >= 0.6 is 0 Å². The summed E-state index contributed by atoms with van der Waals surface area (Å²) in [6.45, 7) is 10.7. The molecule has 1 N–H and O–H groups in total. The van der Waals surface area contributed by atoms with Gasteiger partial charge in [-0.3, -0.25) is 0 Å². The van der Waals surface area contributed by atoms with Crippen molar-refractivity contribution in [1.82, 2.24) is 5.32 Å². The van der Waals surface area contributed by atoms with Crippen molar-refractivity contribution in [3.63, 3.8) is 0 Å². The van der Waals surface area contributed by atoms with E-state index in [1.807, 2.05) is 6.07 Å². The van der Waals surface area contributed by atoms with E-state index in [9.17, 15) is 0 Å². The van der Waals surface area contributed by atoms with E-state index in [4.69, 9.17) is 13.9 Å². The van der Waals surface area contributed by atoms with E-state index in [1.165, 1.54) is 0 Å². The van der Waals surface area contributed by atoms with E-state index in [-0.39, 0.29) is 0 Å². The average molecular weight is 255 g/mol. The molecular weight excluding hydrogens is 230 g/mol. The Hall–Kier alpha value is -0.840. The molecular formula is C14H25NO3. The van der Waals surface area contributed by atoms with Crippen LogP contribution in [0.3, 0.4) is 0 Å². The fourth-order valence-electron chi connectivity index (χ4n) is 1.47. The molecule has 0 spiro atoms. The highest BCUT2D eigenvalue weighted by atomic mass is 16.5. The van der Waals surface area contributed by atoms with Crippen LogP contribution in [0.15, 0.2) is 16.7 Å². The molecule has 0 atom stereocenters. The van der Waals surface area contributed by atoms with Crippen LogP contribution in [-0.4, -0.2) is 26.4 Å². The molecule has 0 aliphatic heterocycles. The summed E-state index contributed by atoms with van der Waals surface area (Å²) in [5.41, 5.74) is 1.16. The summed E-state index contributed by atoms with van der Waals surface area (Å²) in [6, 6.07) is 2.03. The molecule has 0 saturated carbocycles. The lowest BCUT2D eigenvalue weighted by Gasteiger charge is -2.06. The molecule has 1 aromatic rings. The lowest BCUT2D eigenvalue weighted by atomic mass is 10.2. The van der Waals surface area contributed by atoms with Crippen LogP contribution in [0.1, 0.15) is 32.1 Å². The quantitative estimate of drug-likeness (QED) is 0.653. The first-order valence-corrected chi connectivity index (χ1v) is 6.64. The van der Waals surface area contributed by atoms with Crippen LogP contribution in [0.5, 0.6) is 0 Å². The predicted molar refractivity (Wildman–Crippen MR) is 71.4 cm³/mol. The number of ether oxygens (including phenoxy) is 2. The second kappa shape index (κ2) is 9.14. The molecule has 18 heavy (non-hydrogen) atoms. The Morgan fingerprint density at radius 1 is 1.28 bits per heavy atom. The summed E-state index contributed by atoms with van der Waals surface area (Å²) >= 11 is 0. The first-order chi connectivity index (χ1) is 8.72. The topological polar surface area (TPSA) is 43.6 Å². The summed E-state index contributed by atoms with van der Waals surface area (Å²) in [4.78, 5) is 0. The predicted octanol–water partition coefficient (Wildman–Crippen LogP) is 2.58. The third-order valence-corrected chi connectivity index (χ3v) is 2.35. The summed E-state index contributed by atoms with van der Waals surface area (Å²) in [5.74, 6) is 1.44. The van der Waals surface area contributed by atoms with Gasteiger partial charge in [0.1, 0.15) is 12.4 Å². The first kappa shape index (κ1) is 15.2. The van der Waals surface area contributed by atoms with Crippen molar-refractivity contribution in [2.24, 2.45) is 5.92 Å². The summed E-state index contributed by atoms with van der Waals surface area (Å²) in [7, 11) is 0. The molecule has 0 amide bonds. The van der Waals surface area contributed by atoms with Gasteiger partial charge in [0.15, 0.2) is 0 Å². The van der Waals surface area contributed by atoms with Crippen LogP contribution in [0, 0.1) is 5.92 Å². The van der Waals surface area contributed by atoms with Gasteiger partial charge in [0.05, 0.1) is 19.5 Å². The third kappa shape index (κ3) is 6.79. The lowest BCUT2D eigenvalue weighted by molar-refractivity contribution is 0.0264. The van der Waals surface area contributed by atoms with E-state index in [2.05, 4.69) is 26.1 Å². The second-order valence-electron chi connectivity index (χ2n) is 4.72. The zero-order valence-electron chi connectivity index (χ0n) is 11.7. The molecule has 0 radical (unpaired) electrons. The maximum Gasteiger partial charge on any atom is 0.129 e. The van der Waals surface area contributed by atoms with Crippen LogP contribution in [0.4, 0.5) is 0 Å². The van der Waals surface area contributed by atoms with E-state index < -0.39 is 0 Å². The van der Waals surface area contributed by atoms with Crippen molar-refractivity contribution < 1.29 is 13.9 Å². The van der Waals surface area contributed by atoms with E-state index in [0.29, 0.717) is 25.7 Å². The maximum atomic E-state index is 5.48. The normalized spacial score (nSPS) is 11.3. The van der Waals surface area contributed by atoms with Crippen molar-refractivity contribution in [3.05, 3.63) is 23.7 Å². The van der Waals surface area contributed by atoms with Gasteiger partial charge in [-0.15, -0.1) is 0 Å². The molecule has 1 rings (SSSR count). The zero-order chi connectivity index (χ0) is 13.2. The van der Waals surface area contributed by atoms with Gasteiger partial charge in [0.2, 0.25) is 0 Å². The van der Waals surface area contributed by atoms with Crippen LogP contribution in [0.25, 0.3) is 0 Å². The van der Waals surface area contributed by atoms with Gasteiger partial charge in [-0.1, -0.05) is 20.8 Å². The Kier molecular flexibility index (Phi) is 7.73. The van der Waals surface area contributed by atoms with Crippen molar-refractivity contribution >= 4 is 0 Å². The molecule has 104 valence electrons. The molecule has 0 aliphatic carbocycles. The van der Waals surface area contributed by atoms with Gasteiger partial charge < -0.3 is 19.2 Å². The van der Waals surface area contributed by atoms with E-state index in [1.54, 1.807) is 6.26 Å².